The maximum absolute atomic E-state index is 9.58. The number of hydrogen-bond acceptors (Lipinski definition) is 3. The van der Waals surface area contributed by atoms with Crippen molar-refractivity contribution in [2.45, 2.75) is 58.6 Å². The highest BCUT2D eigenvalue weighted by Crippen LogP contribution is 2.36. The summed E-state index contributed by atoms with van der Waals surface area (Å²) in [5.74, 6) is 0.962. The highest BCUT2D eigenvalue weighted by Gasteiger charge is 2.21. The number of ether oxygens (including phenoxy) is 1. The third-order valence-electron chi connectivity index (χ3n) is 4.24. The second kappa shape index (κ2) is 5.83. The van der Waals surface area contributed by atoms with E-state index in [1.807, 2.05) is 0 Å². The zero-order valence-electron chi connectivity index (χ0n) is 12.4. The third-order valence-corrected chi connectivity index (χ3v) is 4.24. The minimum Gasteiger partial charge on any atom is -0.494 e. The van der Waals surface area contributed by atoms with Gasteiger partial charge in [0.25, 0.3) is 0 Å². The predicted octanol–water partition coefficient (Wildman–Crippen LogP) is 3.34. The van der Waals surface area contributed by atoms with E-state index in [1.165, 1.54) is 16.7 Å². The van der Waals surface area contributed by atoms with Crippen LogP contribution in [0.25, 0.3) is 0 Å². The van der Waals surface area contributed by atoms with Crippen molar-refractivity contribution in [3.05, 3.63) is 22.8 Å². The van der Waals surface area contributed by atoms with Crippen LogP contribution in [-0.2, 0) is 0 Å². The van der Waals surface area contributed by atoms with E-state index in [0.29, 0.717) is 6.04 Å². The minimum absolute atomic E-state index is 0.110. The van der Waals surface area contributed by atoms with Gasteiger partial charge < -0.3 is 15.2 Å². The van der Waals surface area contributed by atoms with Crippen LogP contribution in [0.15, 0.2) is 6.07 Å². The van der Waals surface area contributed by atoms with E-state index in [0.717, 1.165) is 37.1 Å². The molecule has 0 aromatic heterocycles. The lowest BCUT2D eigenvalue weighted by atomic mass is 9.92. The quantitative estimate of drug-likeness (QED) is 0.879. The summed E-state index contributed by atoms with van der Waals surface area (Å²) in [7, 11) is 1.73. The number of aliphatic hydroxyl groups excluding tert-OH is 1. The summed E-state index contributed by atoms with van der Waals surface area (Å²) in [6.07, 6.45) is 3.72. The van der Waals surface area contributed by atoms with E-state index >= 15 is 0 Å². The van der Waals surface area contributed by atoms with Crippen LogP contribution < -0.4 is 10.1 Å². The van der Waals surface area contributed by atoms with Crippen LogP contribution in [-0.4, -0.2) is 24.4 Å². The van der Waals surface area contributed by atoms with Gasteiger partial charge in [0.2, 0.25) is 0 Å². The normalized spacial score (nSPS) is 23.2. The molecule has 1 fully saturated rings. The lowest BCUT2D eigenvalue weighted by Crippen LogP contribution is -2.28. The molecular formula is C16H25NO2. The fourth-order valence-electron chi connectivity index (χ4n) is 2.91. The highest BCUT2D eigenvalue weighted by molar-refractivity contribution is 5.67. The van der Waals surface area contributed by atoms with Crippen LogP contribution in [0.5, 0.6) is 5.75 Å². The van der Waals surface area contributed by atoms with Crippen LogP contribution in [0.2, 0.25) is 0 Å². The standard InChI is InChI=1S/C16H25NO2/c1-10-9-11(2)15(16(19-4)12(10)3)17-13-5-7-14(18)8-6-13/h9,13-14,17-18H,5-8H2,1-4H3. The number of benzene rings is 1. The molecule has 0 spiro atoms. The van der Waals surface area contributed by atoms with E-state index in [2.05, 4.69) is 32.2 Å². The van der Waals surface area contributed by atoms with Gasteiger partial charge in [-0.1, -0.05) is 6.07 Å². The topological polar surface area (TPSA) is 41.5 Å². The van der Waals surface area contributed by atoms with E-state index in [9.17, 15) is 5.11 Å². The molecule has 3 heteroatoms. The first-order chi connectivity index (χ1) is 9.02. The van der Waals surface area contributed by atoms with E-state index in [1.54, 1.807) is 7.11 Å². The lowest BCUT2D eigenvalue weighted by Gasteiger charge is -2.29. The molecule has 0 atom stereocenters. The molecule has 0 aliphatic heterocycles. The molecule has 0 amide bonds. The Morgan fingerprint density at radius 2 is 1.74 bits per heavy atom. The molecule has 1 aliphatic carbocycles. The van der Waals surface area contributed by atoms with E-state index in [4.69, 9.17) is 4.74 Å². The Morgan fingerprint density at radius 3 is 2.32 bits per heavy atom. The Balaban J connectivity index is 2.22. The predicted molar refractivity (Wildman–Crippen MR) is 79.1 cm³/mol. The maximum Gasteiger partial charge on any atom is 0.145 e. The molecule has 2 rings (SSSR count). The molecule has 106 valence electrons. The molecule has 0 radical (unpaired) electrons. The summed E-state index contributed by atoms with van der Waals surface area (Å²) in [5, 5.41) is 13.2. The summed E-state index contributed by atoms with van der Waals surface area (Å²) in [4.78, 5) is 0. The van der Waals surface area contributed by atoms with Crippen LogP contribution >= 0.6 is 0 Å². The van der Waals surface area contributed by atoms with Crippen LogP contribution in [0.1, 0.15) is 42.4 Å². The second-order valence-corrected chi connectivity index (χ2v) is 5.69. The van der Waals surface area contributed by atoms with Gasteiger partial charge in [0.05, 0.1) is 18.9 Å². The first-order valence-corrected chi connectivity index (χ1v) is 7.12. The van der Waals surface area contributed by atoms with Gasteiger partial charge >= 0.3 is 0 Å². The zero-order chi connectivity index (χ0) is 14.0. The third kappa shape index (κ3) is 3.03. The fourth-order valence-corrected chi connectivity index (χ4v) is 2.91. The minimum atomic E-state index is -0.110. The Morgan fingerprint density at radius 1 is 1.11 bits per heavy atom. The van der Waals surface area contributed by atoms with Gasteiger partial charge in [-0.25, -0.2) is 0 Å². The Labute approximate surface area is 116 Å². The monoisotopic (exact) mass is 263 g/mol. The average molecular weight is 263 g/mol. The van der Waals surface area contributed by atoms with Crippen LogP contribution in [0, 0.1) is 20.8 Å². The van der Waals surface area contributed by atoms with Gasteiger partial charge in [0.15, 0.2) is 0 Å². The van der Waals surface area contributed by atoms with Gasteiger partial charge in [-0.2, -0.15) is 0 Å². The Hall–Kier alpha value is -1.22. The molecule has 1 aromatic carbocycles. The average Bonchev–Trinajstić information content (AvgIpc) is 2.39. The summed E-state index contributed by atoms with van der Waals surface area (Å²) >= 11 is 0. The summed E-state index contributed by atoms with van der Waals surface area (Å²) in [6, 6.07) is 2.65. The molecule has 0 unspecified atom stereocenters. The number of rotatable bonds is 3. The number of methoxy groups -OCH3 is 1. The molecule has 1 aliphatic rings. The van der Waals surface area contributed by atoms with Crippen LogP contribution in [0.4, 0.5) is 5.69 Å². The molecule has 3 nitrogen and oxygen atoms in total. The summed E-state index contributed by atoms with van der Waals surface area (Å²) < 4.78 is 5.59. The first kappa shape index (κ1) is 14.2. The smallest absolute Gasteiger partial charge is 0.145 e. The molecule has 1 saturated carbocycles. The largest absolute Gasteiger partial charge is 0.494 e. The number of hydrogen-bond donors (Lipinski definition) is 2. The number of aryl methyl sites for hydroxylation is 2. The molecule has 1 aromatic rings. The maximum atomic E-state index is 9.58. The van der Waals surface area contributed by atoms with E-state index in [-0.39, 0.29) is 6.10 Å². The molecule has 0 bridgehead atoms. The molecule has 2 N–H and O–H groups in total. The van der Waals surface area contributed by atoms with Gasteiger partial charge in [-0.05, 0) is 63.1 Å². The van der Waals surface area contributed by atoms with Gasteiger partial charge in [-0.15, -0.1) is 0 Å². The van der Waals surface area contributed by atoms with Crippen LogP contribution in [0.3, 0.4) is 0 Å². The number of aliphatic hydroxyl groups is 1. The van der Waals surface area contributed by atoms with Crippen molar-refractivity contribution in [1.29, 1.82) is 0 Å². The van der Waals surface area contributed by atoms with Gasteiger partial charge in [0, 0.05) is 6.04 Å². The van der Waals surface area contributed by atoms with Gasteiger partial charge in [-0.3, -0.25) is 0 Å². The van der Waals surface area contributed by atoms with E-state index < -0.39 is 0 Å². The first-order valence-electron chi connectivity index (χ1n) is 7.12. The molecule has 0 saturated heterocycles. The van der Waals surface area contributed by atoms with Crippen molar-refractivity contribution in [3.8, 4) is 5.75 Å². The number of nitrogens with one attached hydrogen (secondary N) is 1. The highest BCUT2D eigenvalue weighted by atomic mass is 16.5. The van der Waals surface area contributed by atoms with Crippen molar-refractivity contribution >= 4 is 5.69 Å². The summed E-state index contributed by atoms with van der Waals surface area (Å²) in [6.45, 7) is 6.34. The lowest BCUT2D eigenvalue weighted by molar-refractivity contribution is 0.126. The van der Waals surface area contributed by atoms with Gasteiger partial charge in [0.1, 0.15) is 5.75 Å². The fraction of sp³-hybridized carbons (Fsp3) is 0.625. The SMILES string of the molecule is COc1c(C)c(C)cc(C)c1NC1CCC(O)CC1. The number of anilines is 1. The Bertz CT molecular complexity index is 449. The molecule has 0 heterocycles. The van der Waals surface area contributed by atoms with Crippen molar-refractivity contribution in [1.82, 2.24) is 0 Å². The second-order valence-electron chi connectivity index (χ2n) is 5.69. The zero-order valence-corrected chi connectivity index (χ0v) is 12.4. The molecular weight excluding hydrogens is 238 g/mol. The van der Waals surface area contributed by atoms with Crippen molar-refractivity contribution < 1.29 is 9.84 Å². The Kier molecular flexibility index (Phi) is 4.35. The molecule has 19 heavy (non-hydrogen) atoms. The van der Waals surface area contributed by atoms with Crippen molar-refractivity contribution in [2.24, 2.45) is 0 Å². The summed E-state index contributed by atoms with van der Waals surface area (Å²) in [5.41, 5.74) is 4.81. The van der Waals surface area contributed by atoms with Crippen molar-refractivity contribution in [3.63, 3.8) is 0 Å². The van der Waals surface area contributed by atoms with Crippen molar-refractivity contribution in [2.75, 3.05) is 12.4 Å².